The van der Waals surface area contributed by atoms with Crippen molar-refractivity contribution in [2.24, 2.45) is 5.73 Å². The predicted octanol–water partition coefficient (Wildman–Crippen LogP) is 1.15. The minimum Gasteiger partial charge on any atom is -0.497 e. The smallest absolute Gasteiger partial charge is 0.118 e. The molecule has 4 heteroatoms. The Labute approximate surface area is 108 Å². The van der Waals surface area contributed by atoms with Gasteiger partial charge in [0, 0.05) is 12.6 Å². The van der Waals surface area contributed by atoms with Crippen molar-refractivity contribution in [1.29, 1.82) is 0 Å². The van der Waals surface area contributed by atoms with Gasteiger partial charge in [-0.1, -0.05) is 12.1 Å². The van der Waals surface area contributed by atoms with Gasteiger partial charge in [0.15, 0.2) is 0 Å². The van der Waals surface area contributed by atoms with E-state index in [1.165, 1.54) is 0 Å². The van der Waals surface area contributed by atoms with Crippen molar-refractivity contribution in [3.63, 3.8) is 0 Å². The van der Waals surface area contributed by atoms with Gasteiger partial charge in [-0.3, -0.25) is 0 Å². The molecule has 1 aromatic carbocycles. The van der Waals surface area contributed by atoms with Crippen LogP contribution in [0.5, 0.6) is 5.75 Å². The number of piperidine rings is 1. The zero-order valence-corrected chi connectivity index (χ0v) is 10.9. The largest absolute Gasteiger partial charge is 0.497 e. The summed E-state index contributed by atoms with van der Waals surface area (Å²) in [6.45, 7) is 2.64. The zero-order valence-electron chi connectivity index (χ0n) is 10.9. The predicted molar refractivity (Wildman–Crippen MR) is 71.6 cm³/mol. The van der Waals surface area contributed by atoms with Gasteiger partial charge < -0.3 is 20.5 Å². The van der Waals surface area contributed by atoms with Crippen LogP contribution in [0.3, 0.4) is 0 Å². The lowest BCUT2D eigenvalue weighted by Gasteiger charge is -2.31. The summed E-state index contributed by atoms with van der Waals surface area (Å²) in [6.07, 6.45) is 1.61. The summed E-state index contributed by atoms with van der Waals surface area (Å²) in [5.41, 5.74) is 6.80. The number of methoxy groups -OCH3 is 1. The average molecular weight is 250 g/mol. The SMILES string of the molecule is COc1ccc([C@@H](O)CN2CCC(N)CC2)cc1. The third-order valence-corrected chi connectivity index (χ3v) is 3.56. The van der Waals surface area contributed by atoms with Crippen molar-refractivity contribution >= 4 is 0 Å². The number of benzene rings is 1. The Bertz CT molecular complexity index is 359. The molecular weight excluding hydrogens is 228 g/mol. The fourth-order valence-electron chi connectivity index (χ4n) is 2.31. The number of nitrogens with zero attached hydrogens (tertiary/aromatic N) is 1. The summed E-state index contributed by atoms with van der Waals surface area (Å²) in [5.74, 6) is 0.815. The molecule has 1 atom stereocenters. The molecule has 2 rings (SSSR count). The average Bonchev–Trinajstić information content (AvgIpc) is 2.41. The number of likely N-dealkylation sites (tertiary alicyclic amines) is 1. The molecule has 0 aliphatic carbocycles. The van der Waals surface area contributed by atoms with E-state index < -0.39 is 6.10 Å². The van der Waals surface area contributed by atoms with Gasteiger partial charge in [-0.25, -0.2) is 0 Å². The number of hydrogen-bond acceptors (Lipinski definition) is 4. The van der Waals surface area contributed by atoms with Gasteiger partial charge in [0.2, 0.25) is 0 Å². The van der Waals surface area contributed by atoms with Crippen molar-refractivity contribution in [3.05, 3.63) is 29.8 Å². The molecule has 18 heavy (non-hydrogen) atoms. The standard InChI is InChI=1S/C14H22N2O2/c1-18-13-4-2-11(3-5-13)14(17)10-16-8-6-12(15)7-9-16/h2-5,12,14,17H,6-10,15H2,1H3/t14-/m0/s1. The van der Waals surface area contributed by atoms with Crippen LogP contribution in [0.2, 0.25) is 0 Å². The van der Waals surface area contributed by atoms with Gasteiger partial charge in [-0.15, -0.1) is 0 Å². The van der Waals surface area contributed by atoms with E-state index in [-0.39, 0.29) is 0 Å². The second-order valence-corrected chi connectivity index (χ2v) is 4.93. The van der Waals surface area contributed by atoms with Crippen LogP contribution >= 0.6 is 0 Å². The van der Waals surface area contributed by atoms with Crippen molar-refractivity contribution in [2.45, 2.75) is 25.0 Å². The normalized spacial score (nSPS) is 19.7. The Morgan fingerprint density at radius 2 is 1.94 bits per heavy atom. The molecule has 1 aromatic rings. The van der Waals surface area contributed by atoms with Gasteiger partial charge in [0.25, 0.3) is 0 Å². The molecule has 1 aliphatic heterocycles. The second-order valence-electron chi connectivity index (χ2n) is 4.93. The van der Waals surface area contributed by atoms with E-state index in [1.54, 1.807) is 7.11 Å². The third kappa shape index (κ3) is 3.45. The number of hydrogen-bond donors (Lipinski definition) is 2. The lowest BCUT2D eigenvalue weighted by atomic mass is 10.0. The summed E-state index contributed by atoms with van der Waals surface area (Å²) < 4.78 is 5.10. The molecule has 0 spiro atoms. The zero-order chi connectivity index (χ0) is 13.0. The van der Waals surface area contributed by atoms with Crippen LogP contribution in [0.4, 0.5) is 0 Å². The van der Waals surface area contributed by atoms with Crippen molar-refractivity contribution in [1.82, 2.24) is 4.90 Å². The van der Waals surface area contributed by atoms with E-state index in [0.717, 1.165) is 37.2 Å². The molecule has 1 saturated heterocycles. The molecule has 0 aromatic heterocycles. The lowest BCUT2D eigenvalue weighted by Crippen LogP contribution is -2.41. The third-order valence-electron chi connectivity index (χ3n) is 3.56. The Morgan fingerprint density at radius 3 is 2.50 bits per heavy atom. The fraction of sp³-hybridized carbons (Fsp3) is 0.571. The fourth-order valence-corrected chi connectivity index (χ4v) is 2.31. The van der Waals surface area contributed by atoms with Gasteiger partial charge in [0.1, 0.15) is 5.75 Å². The maximum Gasteiger partial charge on any atom is 0.118 e. The van der Waals surface area contributed by atoms with Crippen LogP contribution in [0.1, 0.15) is 24.5 Å². The molecule has 1 aliphatic rings. The van der Waals surface area contributed by atoms with E-state index in [1.807, 2.05) is 24.3 Å². The second kappa shape index (κ2) is 6.18. The van der Waals surface area contributed by atoms with Crippen LogP contribution in [0.15, 0.2) is 24.3 Å². The number of ether oxygens (including phenoxy) is 1. The Balaban J connectivity index is 1.88. The van der Waals surface area contributed by atoms with E-state index in [9.17, 15) is 5.11 Å². The molecule has 4 nitrogen and oxygen atoms in total. The van der Waals surface area contributed by atoms with Crippen LogP contribution < -0.4 is 10.5 Å². The number of aliphatic hydroxyl groups excluding tert-OH is 1. The highest BCUT2D eigenvalue weighted by atomic mass is 16.5. The summed E-state index contributed by atoms with van der Waals surface area (Å²) in [7, 11) is 1.64. The Morgan fingerprint density at radius 1 is 1.33 bits per heavy atom. The summed E-state index contributed by atoms with van der Waals surface area (Å²) in [5, 5.41) is 10.2. The highest BCUT2D eigenvalue weighted by Gasteiger charge is 2.19. The molecule has 1 fully saturated rings. The van der Waals surface area contributed by atoms with E-state index in [4.69, 9.17) is 10.5 Å². The number of nitrogens with two attached hydrogens (primary N) is 1. The summed E-state index contributed by atoms with van der Waals surface area (Å²) >= 11 is 0. The minimum atomic E-state index is -0.440. The Hall–Kier alpha value is -1.10. The van der Waals surface area contributed by atoms with E-state index in [0.29, 0.717) is 12.6 Å². The molecule has 0 unspecified atom stereocenters. The van der Waals surface area contributed by atoms with Crippen LogP contribution in [-0.2, 0) is 0 Å². The van der Waals surface area contributed by atoms with Crippen LogP contribution in [0, 0.1) is 0 Å². The van der Waals surface area contributed by atoms with Gasteiger partial charge >= 0.3 is 0 Å². The molecule has 100 valence electrons. The monoisotopic (exact) mass is 250 g/mol. The van der Waals surface area contributed by atoms with Crippen molar-refractivity contribution in [3.8, 4) is 5.75 Å². The summed E-state index contributed by atoms with van der Waals surface area (Å²) in [6, 6.07) is 7.92. The molecular formula is C14H22N2O2. The van der Waals surface area contributed by atoms with Gasteiger partial charge in [-0.2, -0.15) is 0 Å². The molecule has 0 saturated carbocycles. The summed E-state index contributed by atoms with van der Waals surface area (Å²) in [4.78, 5) is 2.28. The highest BCUT2D eigenvalue weighted by Crippen LogP contribution is 2.19. The first-order valence-electron chi connectivity index (χ1n) is 6.49. The number of rotatable bonds is 4. The minimum absolute atomic E-state index is 0.333. The topological polar surface area (TPSA) is 58.7 Å². The van der Waals surface area contributed by atoms with Crippen molar-refractivity contribution in [2.75, 3.05) is 26.7 Å². The Kier molecular flexibility index (Phi) is 4.58. The van der Waals surface area contributed by atoms with Crippen LogP contribution in [-0.4, -0.2) is 42.8 Å². The number of aliphatic hydroxyl groups is 1. The first-order chi connectivity index (χ1) is 8.69. The molecule has 1 heterocycles. The lowest BCUT2D eigenvalue weighted by molar-refractivity contribution is 0.0976. The van der Waals surface area contributed by atoms with Crippen LogP contribution in [0.25, 0.3) is 0 Å². The van der Waals surface area contributed by atoms with E-state index in [2.05, 4.69) is 4.90 Å². The van der Waals surface area contributed by atoms with Gasteiger partial charge in [0.05, 0.1) is 13.2 Å². The quantitative estimate of drug-likeness (QED) is 0.841. The highest BCUT2D eigenvalue weighted by molar-refractivity contribution is 5.28. The molecule has 0 amide bonds. The molecule has 0 radical (unpaired) electrons. The maximum absolute atomic E-state index is 10.2. The van der Waals surface area contributed by atoms with Crippen molar-refractivity contribution < 1.29 is 9.84 Å². The maximum atomic E-state index is 10.2. The van der Waals surface area contributed by atoms with Gasteiger partial charge in [-0.05, 0) is 43.6 Å². The molecule has 3 N–H and O–H groups in total. The first kappa shape index (κ1) is 13.3. The first-order valence-corrected chi connectivity index (χ1v) is 6.49. The van der Waals surface area contributed by atoms with E-state index >= 15 is 0 Å². The number of β-amino-alcohol motifs (C(OH)–C–C–N with tert-alkyl or cyclic N) is 1. The molecule has 0 bridgehead atoms.